The van der Waals surface area contributed by atoms with Crippen molar-refractivity contribution in [3.63, 3.8) is 0 Å². The van der Waals surface area contributed by atoms with Crippen LogP contribution >= 0.6 is 0 Å². The average Bonchev–Trinajstić information content (AvgIpc) is 2.43. The number of rotatable bonds is 5. The van der Waals surface area contributed by atoms with Crippen LogP contribution in [0.4, 0.5) is 13.2 Å². The van der Waals surface area contributed by atoms with E-state index >= 15 is 0 Å². The van der Waals surface area contributed by atoms with Crippen LogP contribution in [0.15, 0.2) is 30.3 Å². The summed E-state index contributed by atoms with van der Waals surface area (Å²) in [5.41, 5.74) is -0.402. The minimum Gasteiger partial charge on any atom is -0.458 e. The van der Waals surface area contributed by atoms with Gasteiger partial charge in [-0.05, 0) is 24.8 Å². The molecule has 0 aromatic heterocycles. The molecule has 6 heteroatoms. The monoisotopic (exact) mass is 314 g/mol. The van der Waals surface area contributed by atoms with Gasteiger partial charge >= 0.3 is 12.1 Å². The highest BCUT2D eigenvalue weighted by molar-refractivity contribution is 5.98. The van der Waals surface area contributed by atoms with Crippen molar-refractivity contribution in [1.29, 1.82) is 0 Å². The second-order valence-corrected chi connectivity index (χ2v) is 5.65. The normalized spacial score (nSPS) is 22.5. The van der Waals surface area contributed by atoms with E-state index in [1.165, 1.54) is 0 Å². The number of aryl methyl sites for hydroxylation is 1. The molecule has 0 spiro atoms. The molecule has 0 bridgehead atoms. The predicted octanol–water partition coefficient (Wildman–Crippen LogP) is 3.61. The Balaban J connectivity index is 2.10. The van der Waals surface area contributed by atoms with Crippen molar-refractivity contribution >= 4 is 11.8 Å². The van der Waals surface area contributed by atoms with E-state index in [1.54, 1.807) is 0 Å². The molecular weight excluding hydrogens is 297 g/mol. The molecular formula is C16H17F3O3. The second kappa shape index (κ2) is 6.50. The first-order valence-electron chi connectivity index (χ1n) is 7.12. The molecule has 1 aromatic carbocycles. The van der Waals surface area contributed by atoms with Gasteiger partial charge in [-0.25, -0.2) is 0 Å². The van der Waals surface area contributed by atoms with E-state index in [0.717, 1.165) is 5.56 Å². The van der Waals surface area contributed by atoms with Crippen molar-refractivity contribution in [2.24, 2.45) is 0 Å². The van der Waals surface area contributed by atoms with Gasteiger partial charge in [-0.15, -0.1) is 0 Å². The first kappa shape index (κ1) is 16.5. The number of alkyl halides is 3. The number of carbonyl (C=O) groups is 2. The standard InChI is InChI=1S/C16H17F3O3/c17-16(18,19)9-8-15(11-13(20)10-14(21)22-15)7-6-12-4-2-1-3-5-12/h1-5H,6-11H2. The molecule has 1 aliphatic heterocycles. The summed E-state index contributed by atoms with van der Waals surface area (Å²) >= 11 is 0. The quantitative estimate of drug-likeness (QED) is 0.616. The lowest BCUT2D eigenvalue weighted by atomic mass is 9.83. The molecule has 1 aromatic rings. The Morgan fingerprint density at radius 3 is 2.36 bits per heavy atom. The molecule has 1 atom stereocenters. The highest BCUT2D eigenvalue weighted by atomic mass is 19.4. The van der Waals surface area contributed by atoms with Crippen LogP contribution < -0.4 is 0 Å². The molecule has 120 valence electrons. The molecule has 1 fully saturated rings. The summed E-state index contributed by atoms with van der Waals surface area (Å²) in [5.74, 6) is -1.09. The third kappa shape index (κ3) is 4.86. The number of ketones is 1. The van der Waals surface area contributed by atoms with Crippen LogP contribution in [0.1, 0.15) is 37.7 Å². The summed E-state index contributed by atoms with van der Waals surface area (Å²) in [4.78, 5) is 23.1. The van der Waals surface area contributed by atoms with Gasteiger partial charge in [0, 0.05) is 12.8 Å². The largest absolute Gasteiger partial charge is 0.458 e. The van der Waals surface area contributed by atoms with Gasteiger partial charge in [0.15, 0.2) is 0 Å². The molecule has 1 aliphatic rings. The van der Waals surface area contributed by atoms with E-state index < -0.39 is 24.2 Å². The smallest absolute Gasteiger partial charge is 0.389 e. The topological polar surface area (TPSA) is 43.4 Å². The summed E-state index contributed by atoms with van der Waals surface area (Å²) in [6.07, 6.45) is -5.60. The van der Waals surface area contributed by atoms with Gasteiger partial charge in [0.1, 0.15) is 17.8 Å². The van der Waals surface area contributed by atoms with E-state index in [0.29, 0.717) is 6.42 Å². The van der Waals surface area contributed by atoms with Crippen LogP contribution in [0.2, 0.25) is 0 Å². The Hall–Kier alpha value is -1.85. The van der Waals surface area contributed by atoms with Crippen LogP contribution in [-0.2, 0) is 20.7 Å². The van der Waals surface area contributed by atoms with Crippen molar-refractivity contribution in [3.8, 4) is 0 Å². The van der Waals surface area contributed by atoms with E-state index in [2.05, 4.69) is 0 Å². The summed E-state index contributed by atoms with van der Waals surface area (Å²) in [6, 6.07) is 9.20. The van der Waals surface area contributed by atoms with Crippen molar-refractivity contribution in [1.82, 2.24) is 0 Å². The van der Waals surface area contributed by atoms with Gasteiger partial charge in [0.25, 0.3) is 0 Å². The van der Waals surface area contributed by atoms with Gasteiger partial charge in [-0.3, -0.25) is 9.59 Å². The van der Waals surface area contributed by atoms with E-state index in [9.17, 15) is 22.8 Å². The first-order chi connectivity index (χ1) is 10.3. The number of cyclic esters (lactones) is 1. The number of hydrogen-bond donors (Lipinski definition) is 0. The fraction of sp³-hybridized carbons (Fsp3) is 0.500. The summed E-state index contributed by atoms with van der Waals surface area (Å²) in [5, 5.41) is 0. The maximum absolute atomic E-state index is 12.5. The fourth-order valence-electron chi connectivity index (χ4n) is 2.69. The molecule has 0 amide bonds. The van der Waals surface area contributed by atoms with Gasteiger partial charge in [-0.2, -0.15) is 13.2 Å². The lowest BCUT2D eigenvalue weighted by molar-refractivity contribution is -0.181. The molecule has 0 radical (unpaired) electrons. The lowest BCUT2D eigenvalue weighted by Gasteiger charge is -2.36. The van der Waals surface area contributed by atoms with Crippen LogP contribution in [0.3, 0.4) is 0 Å². The summed E-state index contributed by atoms with van der Waals surface area (Å²) in [6.45, 7) is 0. The molecule has 0 N–H and O–H groups in total. The minimum absolute atomic E-state index is 0.137. The Kier molecular flexibility index (Phi) is 4.88. The van der Waals surface area contributed by atoms with Crippen LogP contribution in [-0.4, -0.2) is 23.5 Å². The van der Waals surface area contributed by atoms with E-state index in [4.69, 9.17) is 4.74 Å². The molecule has 0 aliphatic carbocycles. The van der Waals surface area contributed by atoms with Crippen LogP contribution in [0.5, 0.6) is 0 Å². The SMILES string of the molecule is O=C1CC(=O)OC(CCc2ccccc2)(CCC(F)(F)F)C1. The van der Waals surface area contributed by atoms with Crippen LogP contribution in [0.25, 0.3) is 0 Å². The molecule has 22 heavy (non-hydrogen) atoms. The van der Waals surface area contributed by atoms with Crippen molar-refractivity contribution in [2.75, 3.05) is 0 Å². The lowest BCUT2D eigenvalue weighted by Crippen LogP contribution is -2.43. The predicted molar refractivity (Wildman–Crippen MR) is 73.1 cm³/mol. The molecule has 3 nitrogen and oxygen atoms in total. The van der Waals surface area contributed by atoms with Gasteiger partial charge in [0.2, 0.25) is 0 Å². The van der Waals surface area contributed by atoms with Crippen molar-refractivity contribution in [3.05, 3.63) is 35.9 Å². The fourth-order valence-corrected chi connectivity index (χ4v) is 2.69. The number of carbonyl (C=O) groups excluding carboxylic acids is 2. The highest BCUT2D eigenvalue weighted by Gasteiger charge is 2.43. The summed E-state index contributed by atoms with van der Waals surface area (Å²) < 4.78 is 42.7. The third-order valence-corrected chi connectivity index (χ3v) is 3.77. The number of benzene rings is 1. The van der Waals surface area contributed by atoms with Crippen molar-refractivity contribution < 1.29 is 27.5 Å². The Morgan fingerprint density at radius 1 is 1.09 bits per heavy atom. The molecule has 1 heterocycles. The molecule has 1 unspecified atom stereocenters. The molecule has 2 rings (SSSR count). The Bertz CT molecular complexity index is 521. The highest BCUT2D eigenvalue weighted by Crippen LogP contribution is 2.36. The van der Waals surface area contributed by atoms with E-state index in [-0.39, 0.29) is 31.5 Å². The number of esters is 1. The average molecular weight is 314 g/mol. The Morgan fingerprint density at radius 2 is 1.77 bits per heavy atom. The first-order valence-corrected chi connectivity index (χ1v) is 7.12. The molecule has 0 saturated carbocycles. The third-order valence-electron chi connectivity index (χ3n) is 3.77. The zero-order chi connectivity index (χ0) is 16.2. The maximum atomic E-state index is 12.5. The number of ether oxygens (including phenoxy) is 1. The second-order valence-electron chi connectivity index (χ2n) is 5.65. The minimum atomic E-state index is -4.34. The van der Waals surface area contributed by atoms with Crippen molar-refractivity contribution in [2.45, 2.75) is 50.3 Å². The van der Waals surface area contributed by atoms with Gasteiger partial charge < -0.3 is 4.74 Å². The number of Topliss-reactive ketones (excluding diaryl/α,β-unsaturated/α-hetero) is 1. The maximum Gasteiger partial charge on any atom is 0.389 e. The van der Waals surface area contributed by atoms with Gasteiger partial charge in [0.05, 0.1) is 0 Å². The number of halogens is 3. The van der Waals surface area contributed by atoms with Gasteiger partial charge in [-0.1, -0.05) is 30.3 Å². The zero-order valence-corrected chi connectivity index (χ0v) is 12.0. The number of hydrogen-bond acceptors (Lipinski definition) is 3. The van der Waals surface area contributed by atoms with Crippen LogP contribution in [0, 0.1) is 0 Å². The molecule has 1 saturated heterocycles. The van der Waals surface area contributed by atoms with E-state index in [1.807, 2.05) is 30.3 Å². The zero-order valence-electron chi connectivity index (χ0n) is 12.0. The summed E-state index contributed by atoms with van der Waals surface area (Å²) in [7, 11) is 0. The Labute approximate surface area is 126 Å².